The minimum absolute atomic E-state index is 0.0156. The smallest absolute Gasteiger partial charge is 0.251 e. The number of rotatable bonds is 6. The van der Waals surface area contributed by atoms with Gasteiger partial charge in [-0.15, -0.1) is 0 Å². The molecule has 2 atom stereocenters. The summed E-state index contributed by atoms with van der Waals surface area (Å²) >= 11 is 0. The zero-order chi connectivity index (χ0) is 24.4. The van der Waals surface area contributed by atoms with E-state index < -0.39 is 0 Å². The first kappa shape index (κ1) is 23.1. The molecule has 6 heteroatoms. The van der Waals surface area contributed by atoms with Gasteiger partial charge in [0.25, 0.3) is 5.91 Å². The Hall–Kier alpha value is -3.64. The van der Waals surface area contributed by atoms with Crippen LogP contribution in [0.15, 0.2) is 65.2 Å². The minimum atomic E-state index is -0.0939. The van der Waals surface area contributed by atoms with Crippen molar-refractivity contribution in [2.45, 2.75) is 51.1 Å². The molecule has 1 aliphatic carbocycles. The number of hydrogen-bond donors (Lipinski definition) is 2. The summed E-state index contributed by atoms with van der Waals surface area (Å²) in [6.07, 6.45) is 6.75. The molecular weight excluding hydrogens is 438 g/mol. The maximum atomic E-state index is 13.0. The molecule has 2 aromatic heterocycles. The molecule has 6 nitrogen and oxygen atoms in total. The van der Waals surface area contributed by atoms with Crippen molar-refractivity contribution in [1.82, 2.24) is 10.3 Å². The summed E-state index contributed by atoms with van der Waals surface area (Å²) in [5.41, 5.74) is 12.3. The number of furan rings is 1. The molecular formula is C29H31N3O3. The third-order valence-electron chi connectivity index (χ3n) is 6.95. The average molecular weight is 470 g/mol. The molecule has 3 N–H and O–H groups in total. The quantitative estimate of drug-likeness (QED) is 0.376. The van der Waals surface area contributed by atoms with Gasteiger partial charge < -0.3 is 20.2 Å². The lowest BCUT2D eigenvalue weighted by molar-refractivity contribution is 0.0921. The van der Waals surface area contributed by atoms with Crippen LogP contribution in [0.3, 0.4) is 0 Å². The van der Waals surface area contributed by atoms with Gasteiger partial charge in [0.15, 0.2) is 5.58 Å². The number of hydrogen-bond acceptors (Lipinski definition) is 5. The number of amides is 1. The van der Waals surface area contributed by atoms with Crippen molar-refractivity contribution in [2.75, 3.05) is 7.11 Å². The molecule has 1 fully saturated rings. The SMILES string of the molecule is CCc1ccc(OC)cc1-c1cc2nccc(-c3cccc(C(=O)N[C@@H]4CCCC[C@@H]4N)c3)c2o1. The van der Waals surface area contributed by atoms with E-state index in [1.165, 1.54) is 5.56 Å². The van der Waals surface area contributed by atoms with E-state index in [0.717, 1.165) is 65.8 Å². The molecule has 180 valence electrons. The summed E-state index contributed by atoms with van der Waals surface area (Å²) < 4.78 is 11.8. The highest BCUT2D eigenvalue weighted by Crippen LogP contribution is 2.36. The Bertz CT molecular complexity index is 1360. The molecule has 5 rings (SSSR count). The van der Waals surface area contributed by atoms with Crippen LogP contribution in [0.1, 0.15) is 48.5 Å². The van der Waals surface area contributed by atoms with Crippen LogP contribution in [-0.4, -0.2) is 30.1 Å². The molecule has 4 aromatic rings. The summed E-state index contributed by atoms with van der Waals surface area (Å²) in [6, 6.07) is 17.6. The summed E-state index contributed by atoms with van der Waals surface area (Å²) in [7, 11) is 1.66. The number of nitrogens with zero attached hydrogens (tertiary/aromatic N) is 1. The van der Waals surface area contributed by atoms with Gasteiger partial charge in [-0.2, -0.15) is 0 Å². The molecule has 35 heavy (non-hydrogen) atoms. The maximum Gasteiger partial charge on any atom is 0.251 e. The number of benzene rings is 2. The third kappa shape index (κ3) is 4.66. The number of nitrogens with one attached hydrogen (secondary N) is 1. The molecule has 2 aromatic carbocycles. The summed E-state index contributed by atoms with van der Waals surface area (Å²) in [6.45, 7) is 2.12. The molecule has 0 bridgehead atoms. The zero-order valence-electron chi connectivity index (χ0n) is 20.2. The molecule has 0 unspecified atom stereocenters. The van der Waals surface area contributed by atoms with Crippen LogP contribution < -0.4 is 15.8 Å². The van der Waals surface area contributed by atoms with Gasteiger partial charge in [0, 0.05) is 41.0 Å². The van der Waals surface area contributed by atoms with Crippen LogP contribution in [0.4, 0.5) is 0 Å². The normalized spacial score (nSPS) is 17.9. The number of aryl methyl sites for hydroxylation is 1. The van der Waals surface area contributed by atoms with E-state index in [4.69, 9.17) is 14.9 Å². The van der Waals surface area contributed by atoms with E-state index >= 15 is 0 Å². The van der Waals surface area contributed by atoms with Crippen molar-refractivity contribution in [3.63, 3.8) is 0 Å². The lowest BCUT2D eigenvalue weighted by Crippen LogP contribution is -2.49. The van der Waals surface area contributed by atoms with Crippen LogP contribution in [-0.2, 0) is 6.42 Å². The van der Waals surface area contributed by atoms with Gasteiger partial charge in [0.1, 0.15) is 17.0 Å². The first-order chi connectivity index (χ1) is 17.1. The fraction of sp³-hybridized carbons (Fsp3) is 0.310. The van der Waals surface area contributed by atoms with Gasteiger partial charge in [-0.3, -0.25) is 9.78 Å². The van der Waals surface area contributed by atoms with E-state index in [1.807, 2.05) is 48.5 Å². The molecule has 0 saturated heterocycles. The lowest BCUT2D eigenvalue weighted by Gasteiger charge is -2.29. The Balaban J connectivity index is 1.49. The molecule has 1 saturated carbocycles. The number of ether oxygens (including phenoxy) is 1. The molecule has 1 amide bonds. The fourth-order valence-corrected chi connectivity index (χ4v) is 4.94. The van der Waals surface area contributed by atoms with Crippen molar-refractivity contribution < 1.29 is 13.9 Å². The predicted octanol–water partition coefficient (Wildman–Crippen LogP) is 5.73. The van der Waals surface area contributed by atoms with Gasteiger partial charge in [0.05, 0.1) is 7.11 Å². The highest BCUT2D eigenvalue weighted by Gasteiger charge is 2.24. The predicted molar refractivity (Wildman–Crippen MR) is 139 cm³/mol. The second-order valence-electron chi connectivity index (χ2n) is 9.17. The van der Waals surface area contributed by atoms with Crippen molar-refractivity contribution in [1.29, 1.82) is 0 Å². The minimum Gasteiger partial charge on any atom is -0.497 e. The maximum absolute atomic E-state index is 13.0. The van der Waals surface area contributed by atoms with Crippen LogP contribution in [0.5, 0.6) is 5.75 Å². The second kappa shape index (κ2) is 9.92. The Morgan fingerprint density at radius 1 is 1.11 bits per heavy atom. The molecule has 0 aliphatic heterocycles. The number of fused-ring (bicyclic) bond motifs is 1. The van der Waals surface area contributed by atoms with Crippen molar-refractivity contribution in [2.24, 2.45) is 5.73 Å². The Morgan fingerprint density at radius 2 is 1.97 bits per heavy atom. The first-order valence-electron chi connectivity index (χ1n) is 12.3. The van der Waals surface area contributed by atoms with Gasteiger partial charge in [-0.05, 0) is 60.7 Å². The first-order valence-corrected chi connectivity index (χ1v) is 12.3. The van der Waals surface area contributed by atoms with Crippen LogP contribution in [0.25, 0.3) is 33.6 Å². The van der Waals surface area contributed by atoms with Gasteiger partial charge in [0.2, 0.25) is 0 Å². The topological polar surface area (TPSA) is 90.4 Å². The molecule has 0 radical (unpaired) electrons. The molecule has 1 aliphatic rings. The largest absolute Gasteiger partial charge is 0.497 e. The van der Waals surface area contributed by atoms with Crippen LogP contribution in [0, 0.1) is 0 Å². The third-order valence-corrected chi connectivity index (χ3v) is 6.95. The van der Waals surface area contributed by atoms with E-state index in [-0.39, 0.29) is 18.0 Å². The molecule has 2 heterocycles. The number of pyridine rings is 1. The highest BCUT2D eigenvalue weighted by molar-refractivity contribution is 5.98. The standard InChI is InChI=1S/C29H31N3O3/c1-3-18-11-12-21(34-2)16-23(18)27-17-26-28(35-27)22(13-14-31-26)19-7-6-8-20(15-19)29(33)32-25-10-5-4-9-24(25)30/h6-8,11-17,24-25H,3-5,9-10,30H2,1-2H3,(H,32,33)/t24-,25+/m0/s1. The van der Waals surface area contributed by atoms with Crippen molar-refractivity contribution in [3.8, 4) is 28.2 Å². The monoisotopic (exact) mass is 469 g/mol. The van der Waals surface area contributed by atoms with Gasteiger partial charge in [-0.25, -0.2) is 0 Å². The lowest BCUT2D eigenvalue weighted by atomic mass is 9.91. The Morgan fingerprint density at radius 3 is 2.77 bits per heavy atom. The number of nitrogens with two attached hydrogens (primary N) is 1. The summed E-state index contributed by atoms with van der Waals surface area (Å²) in [5, 5.41) is 3.14. The van der Waals surface area contributed by atoms with Crippen molar-refractivity contribution in [3.05, 3.63) is 71.9 Å². The van der Waals surface area contributed by atoms with Crippen LogP contribution >= 0.6 is 0 Å². The summed E-state index contributed by atoms with van der Waals surface area (Å²) in [4.78, 5) is 17.5. The van der Waals surface area contributed by atoms with E-state index in [9.17, 15) is 4.79 Å². The number of carbonyl (C=O) groups is 1. The van der Waals surface area contributed by atoms with E-state index in [2.05, 4.69) is 23.3 Å². The second-order valence-corrected chi connectivity index (χ2v) is 9.17. The van der Waals surface area contributed by atoms with Crippen LogP contribution in [0.2, 0.25) is 0 Å². The summed E-state index contributed by atoms with van der Waals surface area (Å²) in [5.74, 6) is 1.43. The highest BCUT2D eigenvalue weighted by atomic mass is 16.5. The average Bonchev–Trinajstić information content (AvgIpc) is 3.34. The molecule has 0 spiro atoms. The number of methoxy groups -OCH3 is 1. The van der Waals surface area contributed by atoms with E-state index in [1.54, 1.807) is 13.3 Å². The van der Waals surface area contributed by atoms with Gasteiger partial charge in [-0.1, -0.05) is 38.0 Å². The number of aromatic nitrogens is 1. The Kier molecular flexibility index (Phi) is 6.55. The van der Waals surface area contributed by atoms with Gasteiger partial charge >= 0.3 is 0 Å². The van der Waals surface area contributed by atoms with E-state index in [0.29, 0.717) is 11.1 Å². The Labute approximate surface area is 205 Å². The van der Waals surface area contributed by atoms with Crippen molar-refractivity contribution >= 4 is 17.0 Å². The fourth-order valence-electron chi connectivity index (χ4n) is 4.94. The number of carbonyl (C=O) groups excluding carboxylic acids is 1. The zero-order valence-corrected chi connectivity index (χ0v) is 20.2.